The minimum absolute atomic E-state index is 0.0105. The second-order valence-corrected chi connectivity index (χ2v) is 13.3. The predicted molar refractivity (Wildman–Crippen MR) is 158 cm³/mol. The summed E-state index contributed by atoms with van der Waals surface area (Å²) in [6, 6.07) is 13.4. The topological polar surface area (TPSA) is 86.8 Å². The fourth-order valence-corrected chi connectivity index (χ4v) is 6.83. The van der Waals surface area contributed by atoms with Crippen LogP contribution in [0.4, 0.5) is 0 Å². The molecule has 2 fully saturated rings. The van der Waals surface area contributed by atoms with E-state index in [0.717, 1.165) is 15.6 Å². The molecule has 2 aliphatic heterocycles. The Bertz CT molecular complexity index is 1450. The number of amides is 3. The van der Waals surface area contributed by atoms with Crippen LogP contribution in [0.2, 0.25) is 0 Å². The van der Waals surface area contributed by atoms with Crippen molar-refractivity contribution in [3.05, 3.63) is 70.6 Å². The van der Waals surface area contributed by atoms with Crippen molar-refractivity contribution in [2.75, 3.05) is 13.1 Å². The molecule has 0 spiro atoms. The Labute approximate surface area is 239 Å². The summed E-state index contributed by atoms with van der Waals surface area (Å²) >= 11 is 1.51. The van der Waals surface area contributed by atoms with Gasteiger partial charge in [0, 0.05) is 27.6 Å². The molecule has 40 heavy (non-hydrogen) atoms. The molecular weight excluding hydrogens is 522 g/mol. The number of thiophene rings is 1. The summed E-state index contributed by atoms with van der Waals surface area (Å²) in [6.07, 6.45) is 0.989. The summed E-state index contributed by atoms with van der Waals surface area (Å²) in [6.45, 7) is 10.7. The highest BCUT2D eigenvalue weighted by Crippen LogP contribution is 2.34. The van der Waals surface area contributed by atoms with Gasteiger partial charge in [-0.05, 0) is 47.9 Å². The van der Waals surface area contributed by atoms with E-state index in [1.807, 2.05) is 55.6 Å². The Kier molecular flexibility index (Phi) is 7.57. The van der Waals surface area contributed by atoms with E-state index in [4.69, 9.17) is 0 Å². The third-order valence-corrected chi connectivity index (χ3v) is 8.96. The number of Topliss-reactive ketones (excluding diaryl/α,β-unsaturated/α-hetero) is 1. The summed E-state index contributed by atoms with van der Waals surface area (Å²) in [4.78, 5) is 57.1. The first-order valence-corrected chi connectivity index (χ1v) is 14.9. The molecule has 5 rings (SSSR count). The Morgan fingerprint density at radius 3 is 2.40 bits per heavy atom. The van der Waals surface area contributed by atoms with Gasteiger partial charge in [-0.25, -0.2) is 0 Å². The van der Waals surface area contributed by atoms with E-state index >= 15 is 0 Å². The van der Waals surface area contributed by atoms with E-state index in [1.165, 1.54) is 11.3 Å². The third kappa shape index (κ3) is 5.29. The molecule has 8 heteroatoms. The van der Waals surface area contributed by atoms with Gasteiger partial charge in [0.1, 0.15) is 12.1 Å². The highest BCUT2D eigenvalue weighted by Gasteiger charge is 2.52. The molecule has 2 saturated heterocycles. The second-order valence-electron chi connectivity index (χ2n) is 12.4. The molecule has 1 aromatic heterocycles. The summed E-state index contributed by atoms with van der Waals surface area (Å²) in [7, 11) is 0. The second kappa shape index (κ2) is 10.8. The predicted octanol–water partition coefficient (Wildman–Crippen LogP) is 5.04. The van der Waals surface area contributed by atoms with Crippen molar-refractivity contribution in [2.24, 2.45) is 5.92 Å². The van der Waals surface area contributed by atoms with Gasteiger partial charge in [0.25, 0.3) is 11.8 Å². The molecule has 3 atom stereocenters. The number of hydrogen-bond acceptors (Lipinski definition) is 5. The number of rotatable bonds is 6. The lowest BCUT2D eigenvalue weighted by molar-refractivity contribution is -0.138. The van der Waals surface area contributed by atoms with Crippen molar-refractivity contribution >= 4 is 44.9 Å². The Morgan fingerprint density at radius 2 is 1.73 bits per heavy atom. The highest BCUT2D eigenvalue weighted by molar-refractivity contribution is 7.17. The molecule has 1 unspecified atom stereocenters. The van der Waals surface area contributed by atoms with Crippen LogP contribution in [0.3, 0.4) is 0 Å². The van der Waals surface area contributed by atoms with Gasteiger partial charge in [-0.2, -0.15) is 0 Å². The first kappa shape index (κ1) is 28.0. The first-order valence-electron chi connectivity index (χ1n) is 14.0. The number of likely N-dealkylation sites (tertiary alicyclic amines) is 2. The summed E-state index contributed by atoms with van der Waals surface area (Å²) in [5, 5.41) is 5.69. The molecular formula is C32H37N3O4S. The molecule has 0 radical (unpaired) electrons. The maximum absolute atomic E-state index is 13.9. The summed E-state index contributed by atoms with van der Waals surface area (Å²) in [5.41, 5.74) is 2.18. The van der Waals surface area contributed by atoms with Crippen LogP contribution in [-0.4, -0.2) is 64.5 Å². The Hall–Kier alpha value is -3.52. The number of nitrogens with zero attached hydrogens (tertiary/aromatic N) is 2. The molecule has 1 N–H and O–H groups in total. The fourth-order valence-electron chi connectivity index (χ4n) is 5.89. The summed E-state index contributed by atoms with van der Waals surface area (Å²) < 4.78 is 1.02. The zero-order valence-electron chi connectivity index (χ0n) is 23.8. The van der Waals surface area contributed by atoms with Gasteiger partial charge in [0.2, 0.25) is 5.91 Å². The van der Waals surface area contributed by atoms with E-state index < -0.39 is 12.1 Å². The zero-order valence-corrected chi connectivity index (χ0v) is 24.6. The molecule has 0 saturated carbocycles. The zero-order chi connectivity index (χ0) is 28.8. The van der Waals surface area contributed by atoms with E-state index in [1.54, 1.807) is 21.9 Å². The van der Waals surface area contributed by atoms with Crippen molar-refractivity contribution < 1.29 is 19.2 Å². The summed E-state index contributed by atoms with van der Waals surface area (Å²) in [5.74, 6) is -0.715. The van der Waals surface area contributed by atoms with Crippen molar-refractivity contribution in [3.8, 4) is 0 Å². The van der Waals surface area contributed by atoms with E-state index in [-0.39, 0.29) is 47.4 Å². The van der Waals surface area contributed by atoms with Gasteiger partial charge >= 0.3 is 0 Å². The minimum atomic E-state index is -0.757. The largest absolute Gasteiger partial charge is 0.340 e. The molecule has 7 nitrogen and oxygen atoms in total. The monoisotopic (exact) mass is 559 g/mol. The van der Waals surface area contributed by atoms with Gasteiger partial charge in [-0.1, -0.05) is 65.0 Å². The quantitative estimate of drug-likeness (QED) is 0.459. The molecule has 3 heterocycles. The Balaban J connectivity index is 1.33. The van der Waals surface area contributed by atoms with E-state index in [2.05, 4.69) is 26.1 Å². The fraction of sp³-hybridized carbons (Fsp3) is 0.438. The number of nitrogens with one attached hydrogen (secondary N) is 1. The number of carbonyl (C=O) groups excluding carboxylic acids is 4. The molecule has 2 aromatic carbocycles. The maximum Gasteiger partial charge on any atom is 0.256 e. The lowest BCUT2D eigenvalue weighted by atomic mass is 9.86. The van der Waals surface area contributed by atoms with Crippen LogP contribution in [0.5, 0.6) is 0 Å². The van der Waals surface area contributed by atoms with Crippen LogP contribution in [0, 0.1) is 5.92 Å². The van der Waals surface area contributed by atoms with Crippen LogP contribution in [0.15, 0.2) is 53.9 Å². The Morgan fingerprint density at radius 1 is 1.02 bits per heavy atom. The van der Waals surface area contributed by atoms with E-state index in [9.17, 15) is 19.2 Å². The number of ketones is 1. The van der Waals surface area contributed by atoms with Crippen LogP contribution >= 0.6 is 11.3 Å². The maximum atomic E-state index is 13.9. The molecule has 0 aliphatic carbocycles. The molecule has 2 aliphatic rings. The van der Waals surface area contributed by atoms with Gasteiger partial charge in [-0.15, -0.1) is 11.3 Å². The third-order valence-electron chi connectivity index (χ3n) is 8.00. The van der Waals surface area contributed by atoms with Crippen LogP contribution in [0.25, 0.3) is 10.1 Å². The smallest absolute Gasteiger partial charge is 0.256 e. The number of fused-ring (bicyclic) bond motifs is 2. The van der Waals surface area contributed by atoms with Crippen molar-refractivity contribution in [2.45, 2.75) is 71.0 Å². The SMILES string of the molecule is CC(C)CC(NC(=O)c1ccc(C(C)(C)C)cc1)C(=O)N1CC[C@@H]2[C@H]1C(=O)CN2C(=O)c1csc2ccccc12. The van der Waals surface area contributed by atoms with Crippen LogP contribution in [-0.2, 0) is 15.0 Å². The standard InChI is InChI=1S/C32H37N3O4S/c1-19(2)16-24(33-29(37)20-10-12-21(13-11-20)32(3,4)5)31(39)34-15-14-25-28(34)26(36)17-35(25)30(38)23-18-40-27-9-7-6-8-22(23)27/h6-13,18-19,24-25,28H,14-17H2,1-5H3,(H,33,37)/t24?,25-,28+/m1/s1. The lowest BCUT2D eigenvalue weighted by Crippen LogP contribution is -2.53. The van der Waals surface area contributed by atoms with Crippen LogP contribution in [0.1, 0.15) is 73.7 Å². The average Bonchev–Trinajstić information content (AvgIpc) is 3.62. The van der Waals surface area contributed by atoms with Gasteiger partial charge in [0.15, 0.2) is 5.78 Å². The molecule has 3 amide bonds. The van der Waals surface area contributed by atoms with E-state index in [0.29, 0.717) is 30.5 Å². The minimum Gasteiger partial charge on any atom is -0.340 e. The number of benzene rings is 2. The van der Waals surface area contributed by atoms with Gasteiger partial charge < -0.3 is 15.1 Å². The number of carbonyl (C=O) groups is 4. The molecule has 210 valence electrons. The van der Waals surface area contributed by atoms with Gasteiger partial charge in [-0.3, -0.25) is 19.2 Å². The normalized spacial score (nSPS) is 19.8. The van der Waals surface area contributed by atoms with Crippen molar-refractivity contribution in [1.29, 1.82) is 0 Å². The molecule has 0 bridgehead atoms. The number of hydrogen-bond donors (Lipinski definition) is 1. The average molecular weight is 560 g/mol. The van der Waals surface area contributed by atoms with Crippen molar-refractivity contribution in [1.82, 2.24) is 15.1 Å². The van der Waals surface area contributed by atoms with Crippen molar-refractivity contribution in [3.63, 3.8) is 0 Å². The molecule has 3 aromatic rings. The lowest BCUT2D eigenvalue weighted by Gasteiger charge is -2.29. The van der Waals surface area contributed by atoms with Gasteiger partial charge in [0.05, 0.1) is 18.2 Å². The first-order chi connectivity index (χ1) is 19.0. The van der Waals surface area contributed by atoms with Crippen LogP contribution < -0.4 is 5.32 Å². The highest BCUT2D eigenvalue weighted by atomic mass is 32.1.